The van der Waals surface area contributed by atoms with E-state index in [1.165, 1.54) is 12.1 Å². The molecule has 0 aliphatic carbocycles. The molecular weight excluding hydrogens is 311 g/mol. The van der Waals surface area contributed by atoms with Crippen molar-refractivity contribution in [3.63, 3.8) is 0 Å². The third-order valence-corrected chi connectivity index (χ3v) is 4.39. The van der Waals surface area contributed by atoms with Crippen LogP contribution < -0.4 is 0 Å². The molecule has 1 amide bonds. The van der Waals surface area contributed by atoms with Crippen molar-refractivity contribution in [3.05, 3.63) is 47.4 Å². The second-order valence-electron chi connectivity index (χ2n) is 6.12. The van der Waals surface area contributed by atoms with E-state index in [0.29, 0.717) is 34.9 Å². The number of hydrogen-bond acceptors (Lipinski definition) is 4. The lowest BCUT2D eigenvalue weighted by Crippen LogP contribution is -2.39. The Hall–Kier alpha value is -2.70. The molecule has 1 unspecified atom stereocenters. The van der Waals surface area contributed by atoms with Crippen molar-refractivity contribution < 1.29 is 13.7 Å². The fourth-order valence-corrected chi connectivity index (χ4v) is 3.23. The van der Waals surface area contributed by atoms with E-state index in [2.05, 4.69) is 15.1 Å². The minimum Gasteiger partial charge on any atom is -0.361 e. The highest BCUT2D eigenvalue weighted by Crippen LogP contribution is 2.31. The maximum absolute atomic E-state index is 13.4. The van der Waals surface area contributed by atoms with Crippen LogP contribution in [0.2, 0.25) is 0 Å². The molecule has 6 nitrogen and oxygen atoms in total. The number of aromatic amines is 1. The first-order valence-corrected chi connectivity index (χ1v) is 8.01. The number of halogens is 1. The van der Waals surface area contributed by atoms with Crippen LogP contribution in [-0.4, -0.2) is 32.5 Å². The Kier molecular flexibility index (Phi) is 3.55. The Bertz CT molecular complexity index is 901. The van der Waals surface area contributed by atoms with Crippen molar-refractivity contribution in [1.29, 1.82) is 0 Å². The molecule has 0 spiro atoms. The molecule has 124 valence electrons. The number of hydrogen-bond donors (Lipinski definition) is 1. The van der Waals surface area contributed by atoms with Gasteiger partial charge in [0, 0.05) is 12.6 Å². The number of carbonyl (C=O) groups excluding carboxylic acids is 1. The summed E-state index contributed by atoms with van der Waals surface area (Å²) in [5.74, 6) is 0.811. The number of rotatable bonds is 2. The van der Waals surface area contributed by atoms with E-state index in [1.54, 1.807) is 24.0 Å². The van der Waals surface area contributed by atoms with Crippen LogP contribution in [0.1, 0.15) is 47.4 Å². The molecule has 1 aliphatic heterocycles. The summed E-state index contributed by atoms with van der Waals surface area (Å²) in [6.07, 6.45) is 2.76. The molecule has 3 heterocycles. The second-order valence-corrected chi connectivity index (χ2v) is 6.12. The molecule has 3 aromatic rings. The van der Waals surface area contributed by atoms with E-state index in [0.717, 1.165) is 19.3 Å². The summed E-state index contributed by atoms with van der Waals surface area (Å²) < 4.78 is 18.4. The number of imidazole rings is 1. The quantitative estimate of drug-likeness (QED) is 0.782. The van der Waals surface area contributed by atoms with E-state index < -0.39 is 0 Å². The van der Waals surface area contributed by atoms with Gasteiger partial charge in [-0.3, -0.25) is 4.79 Å². The Morgan fingerprint density at radius 2 is 2.25 bits per heavy atom. The summed E-state index contributed by atoms with van der Waals surface area (Å²) >= 11 is 0. The van der Waals surface area contributed by atoms with Gasteiger partial charge in [0.15, 0.2) is 5.69 Å². The van der Waals surface area contributed by atoms with Crippen molar-refractivity contribution in [3.8, 4) is 0 Å². The van der Waals surface area contributed by atoms with Crippen LogP contribution >= 0.6 is 0 Å². The first-order valence-electron chi connectivity index (χ1n) is 8.01. The van der Waals surface area contributed by atoms with Gasteiger partial charge in [0.05, 0.1) is 17.1 Å². The monoisotopic (exact) mass is 328 g/mol. The minimum atomic E-state index is -0.313. The Labute approximate surface area is 137 Å². The second kappa shape index (κ2) is 5.74. The largest absolute Gasteiger partial charge is 0.361 e. The van der Waals surface area contributed by atoms with Crippen LogP contribution in [0.3, 0.4) is 0 Å². The van der Waals surface area contributed by atoms with E-state index in [-0.39, 0.29) is 17.8 Å². The van der Waals surface area contributed by atoms with Gasteiger partial charge in [0.2, 0.25) is 0 Å². The lowest BCUT2D eigenvalue weighted by atomic mass is 10.0. The minimum absolute atomic E-state index is 0.164. The first kappa shape index (κ1) is 14.9. The lowest BCUT2D eigenvalue weighted by molar-refractivity contribution is 0.0590. The molecule has 1 saturated heterocycles. The number of amides is 1. The number of nitrogens with zero attached hydrogens (tertiary/aromatic N) is 3. The van der Waals surface area contributed by atoms with Gasteiger partial charge in [-0.15, -0.1) is 0 Å². The van der Waals surface area contributed by atoms with E-state index in [9.17, 15) is 9.18 Å². The molecular formula is C17H17FN4O2. The number of likely N-dealkylation sites (tertiary alicyclic amines) is 1. The maximum atomic E-state index is 13.4. The average molecular weight is 328 g/mol. The highest BCUT2D eigenvalue weighted by molar-refractivity contribution is 5.92. The van der Waals surface area contributed by atoms with E-state index in [4.69, 9.17) is 4.52 Å². The third kappa shape index (κ3) is 2.55. The Morgan fingerprint density at radius 1 is 1.38 bits per heavy atom. The molecule has 0 radical (unpaired) electrons. The lowest BCUT2D eigenvalue weighted by Gasteiger charge is -2.33. The molecule has 1 N–H and O–H groups in total. The fraction of sp³-hybridized carbons (Fsp3) is 0.353. The van der Waals surface area contributed by atoms with Gasteiger partial charge < -0.3 is 14.4 Å². The molecule has 1 fully saturated rings. The average Bonchev–Trinajstić information content (AvgIpc) is 3.20. The van der Waals surface area contributed by atoms with E-state index >= 15 is 0 Å². The zero-order valence-electron chi connectivity index (χ0n) is 13.3. The number of piperidine rings is 1. The molecule has 4 rings (SSSR count). The van der Waals surface area contributed by atoms with Gasteiger partial charge in [-0.2, -0.15) is 0 Å². The number of nitrogens with one attached hydrogen (secondary N) is 1. The van der Waals surface area contributed by atoms with Gasteiger partial charge in [-0.05, 0) is 44.4 Å². The van der Waals surface area contributed by atoms with Crippen molar-refractivity contribution in [2.75, 3.05) is 6.54 Å². The van der Waals surface area contributed by atoms with Crippen LogP contribution in [0, 0.1) is 12.7 Å². The topological polar surface area (TPSA) is 75.0 Å². The zero-order valence-corrected chi connectivity index (χ0v) is 13.3. The van der Waals surface area contributed by atoms with Crippen LogP contribution in [0.5, 0.6) is 0 Å². The first-order chi connectivity index (χ1) is 11.6. The molecule has 1 aromatic carbocycles. The fourth-order valence-electron chi connectivity index (χ4n) is 3.23. The zero-order chi connectivity index (χ0) is 16.7. The SMILES string of the molecule is Cc1cc(C(=O)N2CCCCC2c2nc3ccc(F)cc3[nH]2)no1. The van der Waals surface area contributed by atoms with Crippen LogP contribution in [0.15, 0.2) is 28.8 Å². The predicted octanol–water partition coefficient (Wildman–Crippen LogP) is 3.37. The Balaban J connectivity index is 1.69. The molecule has 7 heteroatoms. The van der Waals surface area contributed by atoms with Crippen molar-refractivity contribution in [2.45, 2.75) is 32.2 Å². The molecule has 1 atom stereocenters. The van der Waals surface area contributed by atoms with Gasteiger partial charge in [0.1, 0.15) is 17.4 Å². The molecule has 24 heavy (non-hydrogen) atoms. The highest BCUT2D eigenvalue weighted by Gasteiger charge is 2.32. The maximum Gasteiger partial charge on any atom is 0.276 e. The van der Waals surface area contributed by atoms with Crippen molar-refractivity contribution in [1.82, 2.24) is 20.0 Å². The summed E-state index contributed by atoms with van der Waals surface area (Å²) in [6, 6.07) is 5.91. The molecule has 1 aliphatic rings. The summed E-state index contributed by atoms with van der Waals surface area (Å²) in [5, 5.41) is 3.83. The molecule has 0 bridgehead atoms. The third-order valence-electron chi connectivity index (χ3n) is 4.39. The molecule has 0 saturated carbocycles. The van der Waals surface area contributed by atoms with Crippen LogP contribution in [0.25, 0.3) is 11.0 Å². The van der Waals surface area contributed by atoms with Gasteiger partial charge in [-0.1, -0.05) is 5.16 Å². The number of H-pyrrole nitrogens is 1. The van der Waals surface area contributed by atoms with Crippen molar-refractivity contribution in [2.24, 2.45) is 0 Å². The summed E-state index contributed by atoms with van der Waals surface area (Å²) in [6.45, 7) is 2.39. The van der Waals surface area contributed by atoms with E-state index in [1.807, 2.05) is 0 Å². The summed E-state index contributed by atoms with van der Waals surface area (Å²) in [7, 11) is 0. The number of aromatic nitrogens is 3. The summed E-state index contributed by atoms with van der Waals surface area (Å²) in [4.78, 5) is 22.2. The Morgan fingerprint density at radius 3 is 3.04 bits per heavy atom. The van der Waals surface area contributed by atoms with Crippen LogP contribution in [-0.2, 0) is 0 Å². The predicted molar refractivity (Wildman–Crippen MR) is 84.9 cm³/mol. The van der Waals surface area contributed by atoms with Gasteiger partial charge >= 0.3 is 0 Å². The number of benzene rings is 1. The van der Waals surface area contributed by atoms with Gasteiger partial charge in [-0.25, -0.2) is 9.37 Å². The van der Waals surface area contributed by atoms with Crippen LogP contribution in [0.4, 0.5) is 4.39 Å². The number of fused-ring (bicyclic) bond motifs is 1. The van der Waals surface area contributed by atoms with Crippen molar-refractivity contribution >= 4 is 16.9 Å². The summed E-state index contributed by atoms with van der Waals surface area (Å²) in [5.41, 5.74) is 1.64. The van der Waals surface area contributed by atoms with Gasteiger partial charge in [0.25, 0.3) is 5.91 Å². The normalized spacial score (nSPS) is 18.2. The standard InChI is InChI=1S/C17H17FN4O2/c1-10-8-14(21-24-10)17(23)22-7-3-2-4-15(22)16-19-12-6-5-11(18)9-13(12)20-16/h5-6,8-9,15H,2-4,7H2,1H3,(H,19,20). The number of aryl methyl sites for hydroxylation is 1. The smallest absolute Gasteiger partial charge is 0.276 e. The molecule has 2 aromatic heterocycles. The number of carbonyl (C=O) groups is 1. The highest BCUT2D eigenvalue weighted by atomic mass is 19.1.